The van der Waals surface area contributed by atoms with Gasteiger partial charge in [0, 0.05) is 0 Å². The number of imide groups is 1. The van der Waals surface area contributed by atoms with Crippen molar-refractivity contribution in [2.45, 2.75) is 33.7 Å². The van der Waals surface area contributed by atoms with Crippen LogP contribution in [0.3, 0.4) is 0 Å². The van der Waals surface area contributed by atoms with Crippen LogP contribution < -0.4 is 14.8 Å². The van der Waals surface area contributed by atoms with Crippen LogP contribution in [0.15, 0.2) is 42.5 Å². The fraction of sp³-hybridized carbons (Fsp3) is 0.375. The van der Waals surface area contributed by atoms with E-state index in [0.29, 0.717) is 35.8 Å². The number of nitrogens with one attached hydrogen (secondary N) is 1. The summed E-state index contributed by atoms with van der Waals surface area (Å²) in [6.07, 6.45) is 0. The minimum atomic E-state index is -0.448. The number of rotatable bonds is 9. The molecule has 1 aliphatic rings. The molecule has 31 heavy (non-hydrogen) atoms. The first kappa shape index (κ1) is 22.3. The van der Waals surface area contributed by atoms with Crippen molar-refractivity contribution in [2.24, 2.45) is 5.92 Å². The van der Waals surface area contributed by atoms with E-state index in [0.717, 1.165) is 10.5 Å². The maximum Gasteiger partial charge on any atom is 0.262 e. The van der Waals surface area contributed by atoms with Gasteiger partial charge in [-0.1, -0.05) is 32.0 Å². The topological polar surface area (TPSA) is 84.9 Å². The number of hydrogen-bond donors (Lipinski definition) is 1. The molecule has 0 fully saturated rings. The van der Waals surface area contributed by atoms with E-state index in [1.54, 1.807) is 24.3 Å². The van der Waals surface area contributed by atoms with Gasteiger partial charge in [0.15, 0.2) is 11.5 Å². The van der Waals surface area contributed by atoms with E-state index in [2.05, 4.69) is 5.32 Å². The molecule has 0 spiro atoms. The Balaban J connectivity index is 1.76. The molecule has 0 saturated heterocycles. The highest BCUT2D eigenvalue weighted by Crippen LogP contribution is 2.33. The zero-order chi connectivity index (χ0) is 22.5. The van der Waals surface area contributed by atoms with Crippen molar-refractivity contribution in [3.8, 4) is 11.5 Å². The minimum Gasteiger partial charge on any atom is -0.490 e. The van der Waals surface area contributed by atoms with Crippen molar-refractivity contribution in [1.82, 2.24) is 10.2 Å². The molecule has 2 aromatic rings. The molecule has 1 aliphatic heterocycles. The van der Waals surface area contributed by atoms with Crippen LogP contribution in [0.25, 0.3) is 0 Å². The Bertz CT molecular complexity index is 951. The Morgan fingerprint density at radius 1 is 0.935 bits per heavy atom. The van der Waals surface area contributed by atoms with Crippen LogP contribution in [0.5, 0.6) is 11.5 Å². The molecule has 164 valence electrons. The van der Waals surface area contributed by atoms with Crippen LogP contribution in [-0.4, -0.2) is 42.4 Å². The highest BCUT2D eigenvalue weighted by atomic mass is 16.5. The quantitative estimate of drug-likeness (QED) is 0.622. The standard InChI is InChI=1S/C24H28N2O5/c1-5-30-19-12-11-16(13-20(19)31-6-2)22(15(3)4)25-21(27)14-26-23(28)17-9-7-8-10-18(17)24(26)29/h7-13,15,22H,5-6,14H2,1-4H3,(H,25,27). The molecule has 0 saturated carbocycles. The maximum atomic E-state index is 12.8. The Labute approximate surface area is 182 Å². The number of carbonyl (C=O) groups is 3. The average Bonchev–Trinajstić information content (AvgIpc) is 2.98. The fourth-order valence-electron chi connectivity index (χ4n) is 3.64. The number of hydrogen-bond acceptors (Lipinski definition) is 5. The molecule has 0 aliphatic carbocycles. The predicted octanol–water partition coefficient (Wildman–Crippen LogP) is 3.59. The van der Waals surface area contributed by atoms with Gasteiger partial charge in [0.1, 0.15) is 6.54 Å². The van der Waals surface area contributed by atoms with E-state index in [4.69, 9.17) is 9.47 Å². The van der Waals surface area contributed by atoms with Gasteiger partial charge in [0.25, 0.3) is 11.8 Å². The van der Waals surface area contributed by atoms with Crippen LogP contribution in [0.1, 0.15) is 60.0 Å². The summed E-state index contributed by atoms with van der Waals surface area (Å²) in [6, 6.07) is 11.9. The number of carbonyl (C=O) groups excluding carboxylic acids is 3. The normalized spacial score (nSPS) is 13.9. The third-order valence-corrected chi connectivity index (χ3v) is 5.09. The van der Waals surface area contributed by atoms with Crippen molar-refractivity contribution in [1.29, 1.82) is 0 Å². The first-order valence-corrected chi connectivity index (χ1v) is 10.5. The number of nitrogens with zero attached hydrogens (tertiary/aromatic N) is 1. The molecule has 1 N–H and O–H groups in total. The number of ether oxygens (including phenoxy) is 2. The van der Waals surface area contributed by atoms with Gasteiger partial charge < -0.3 is 14.8 Å². The third kappa shape index (κ3) is 4.71. The molecule has 2 aromatic carbocycles. The molecule has 7 nitrogen and oxygen atoms in total. The minimum absolute atomic E-state index is 0.0681. The molecule has 3 amide bonds. The number of benzene rings is 2. The average molecular weight is 424 g/mol. The van der Waals surface area contributed by atoms with Crippen LogP contribution in [0, 0.1) is 5.92 Å². The second-order valence-electron chi connectivity index (χ2n) is 7.60. The van der Waals surface area contributed by atoms with Crippen LogP contribution in [-0.2, 0) is 4.79 Å². The summed E-state index contributed by atoms with van der Waals surface area (Å²) < 4.78 is 11.3. The zero-order valence-corrected chi connectivity index (χ0v) is 18.3. The monoisotopic (exact) mass is 424 g/mol. The van der Waals surface area contributed by atoms with Gasteiger partial charge in [0.2, 0.25) is 5.91 Å². The van der Waals surface area contributed by atoms with E-state index < -0.39 is 17.7 Å². The summed E-state index contributed by atoms with van der Waals surface area (Å²) in [7, 11) is 0. The summed E-state index contributed by atoms with van der Waals surface area (Å²) in [4.78, 5) is 38.9. The van der Waals surface area contributed by atoms with E-state index >= 15 is 0 Å². The highest BCUT2D eigenvalue weighted by Gasteiger charge is 2.36. The van der Waals surface area contributed by atoms with E-state index in [1.807, 2.05) is 45.9 Å². The highest BCUT2D eigenvalue weighted by molar-refractivity contribution is 6.22. The molecule has 7 heteroatoms. The summed E-state index contributed by atoms with van der Waals surface area (Å²) in [5, 5.41) is 2.97. The second kappa shape index (κ2) is 9.64. The largest absolute Gasteiger partial charge is 0.490 e. The molecule has 3 rings (SSSR count). The Morgan fingerprint density at radius 2 is 1.52 bits per heavy atom. The molecule has 1 atom stereocenters. The first-order chi connectivity index (χ1) is 14.9. The lowest BCUT2D eigenvalue weighted by atomic mass is 9.95. The molecule has 0 aromatic heterocycles. The van der Waals surface area contributed by atoms with E-state index in [-0.39, 0.29) is 18.5 Å². The SMILES string of the molecule is CCOc1ccc(C(NC(=O)CN2C(=O)c3ccccc3C2=O)C(C)C)cc1OCC. The lowest BCUT2D eigenvalue weighted by Gasteiger charge is -2.25. The lowest BCUT2D eigenvalue weighted by Crippen LogP contribution is -2.42. The van der Waals surface area contributed by atoms with Crippen molar-refractivity contribution in [2.75, 3.05) is 19.8 Å². The van der Waals surface area contributed by atoms with Gasteiger partial charge in [-0.25, -0.2) is 0 Å². The van der Waals surface area contributed by atoms with Crippen molar-refractivity contribution in [3.05, 3.63) is 59.2 Å². The van der Waals surface area contributed by atoms with Gasteiger partial charge in [-0.2, -0.15) is 0 Å². The van der Waals surface area contributed by atoms with Crippen LogP contribution >= 0.6 is 0 Å². The summed E-state index contributed by atoms with van der Waals surface area (Å²) in [5.41, 5.74) is 1.51. The van der Waals surface area contributed by atoms with Crippen molar-refractivity contribution < 1.29 is 23.9 Å². The summed E-state index contributed by atoms with van der Waals surface area (Å²) >= 11 is 0. The summed E-state index contributed by atoms with van der Waals surface area (Å²) in [5.74, 6) is 0.0294. The van der Waals surface area contributed by atoms with Crippen molar-refractivity contribution >= 4 is 17.7 Å². The van der Waals surface area contributed by atoms with Crippen LogP contribution in [0.4, 0.5) is 0 Å². The Kier molecular flexibility index (Phi) is 6.95. The molecular weight excluding hydrogens is 396 g/mol. The van der Waals surface area contributed by atoms with E-state index in [9.17, 15) is 14.4 Å². The lowest BCUT2D eigenvalue weighted by molar-refractivity contribution is -0.122. The van der Waals surface area contributed by atoms with Gasteiger partial charge >= 0.3 is 0 Å². The fourth-order valence-corrected chi connectivity index (χ4v) is 3.64. The molecular formula is C24H28N2O5. The molecule has 0 radical (unpaired) electrons. The van der Waals surface area contributed by atoms with Crippen LogP contribution in [0.2, 0.25) is 0 Å². The van der Waals surface area contributed by atoms with E-state index in [1.165, 1.54) is 0 Å². The zero-order valence-electron chi connectivity index (χ0n) is 18.3. The van der Waals surface area contributed by atoms with Crippen molar-refractivity contribution in [3.63, 3.8) is 0 Å². The molecule has 1 heterocycles. The van der Waals surface area contributed by atoms with Gasteiger partial charge in [0.05, 0.1) is 30.4 Å². The van der Waals surface area contributed by atoms with Gasteiger partial charge in [-0.05, 0) is 49.6 Å². The predicted molar refractivity (Wildman–Crippen MR) is 116 cm³/mol. The smallest absolute Gasteiger partial charge is 0.262 e. The third-order valence-electron chi connectivity index (χ3n) is 5.09. The maximum absolute atomic E-state index is 12.8. The first-order valence-electron chi connectivity index (χ1n) is 10.5. The second-order valence-corrected chi connectivity index (χ2v) is 7.60. The van der Waals surface area contributed by atoms with Gasteiger partial charge in [-0.3, -0.25) is 19.3 Å². The Morgan fingerprint density at radius 3 is 2.06 bits per heavy atom. The summed E-state index contributed by atoms with van der Waals surface area (Å²) in [6.45, 7) is 8.46. The number of fused-ring (bicyclic) bond motifs is 1. The Hall–Kier alpha value is -3.35. The van der Waals surface area contributed by atoms with Gasteiger partial charge in [-0.15, -0.1) is 0 Å². The molecule has 0 bridgehead atoms. The molecule has 1 unspecified atom stereocenters. The number of amides is 3.